The van der Waals surface area contributed by atoms with Gasteiger partial charge in [0.1, 0.15) is 11.5 Å². The molecule has 1 aliphatic heterocycles. The molecule has 27 heavy (non-hydrogen) atoms. The minimum absolute atomic E-state index is 0.199. The summed E-state index contributed by atoms with van der Waals surface area (Å²) >= 11 is 0. The van der Waals surface area contributed by atoms with Gasteiger partial charge in [-0.15, -0.1) is 0 Å². The molecule has 1 N–H and O–H groups in total. The standard InChI is InChI=1S/C20H23F3N2O2/c1-26-16-7-8-17(18(13-16)27-2)19(25-11-9-24-10-12-25)14-3-5-15(6-4-14)20(21,22)23/h3-8,13,19,24H,9-12H2,1-2H3. The quantitative estimate of drug-likeness (QED) is 0.857. The van der Waals surface area contributed by atoms with Gasteiger partial charge in [-0.05, 0) is 29.8 Å². The predicted octanol–water partition coefficient (Wildman–Crippen LogP) is 3.72. The molecule has 2 aromatic carbocycles. The van der Waals surface area contributed by atoms with Gasteiger partial charge in [0.15, 0.2) is 0 Å². The minimum Gasteiger partial charge on any atom is -0.497 e. The molecular weight excluding hydrogens is 357 g/mol. The molecule has 2 aromatic rings. The van der Waals surface area contributed by atoms with Crippen LogP contribution in [0.15, 0.2) is 42.5 Å². The van der Waals surface area contributed by atoms with Gasteiger partial charge in [0.2, 0.25) is 0 Å². The van der Waals surface area contributed by atoms with Crippen molar-refractivity contribution in [1.82, 2.24) is 10.2 Å². The minimum atomic E-state index is -4.35. The summed E-state index contributed by atoms with van der Waals surface area (Å²) in [5.74, 6) is 1.32. The number of hydrogen-bond donors (Lipinski definition) is 1. The molecule has 0 radical (unpaired) electrons. The van der Waals surface area contributed by atoms with E-state index in [1.807, 2.05) is 12.1 Å². The van der Waals surface area contributed by atoms with E-state index < -0.39 is 11.7 Å². The van der Waals surface area contributed by atoms with E-state index in [2.05, 4.69) is 10.2 Å². The Morgan fingerprint density at radius 2 is 1.63 bits per heavy atom. The van der Waals surface area contributed by atoms with Gasteiger partial charge < -0.3 is 14.8 Å². The Labute approximate surface area is 156 Å². The smallest absolute Gasteiger partial charge is 0.416 e. The summed E-state index contributed by atoms with van der Waals surface area (Å²) in [6, 6.07) is 10.8. The number of methoxy groups -OCH3 is 2. The second-order valence-electron chi connectivity index (χ2n) is 6.42. The zero-order valence-corrected chi connectivity index (χ0v) is 15.3. The van der Waals surface area contributed by atoms with Crippen LogP contribution in [0, 0.1) is 0 Å². The molecule has 0 saturated carbocycles. The predicted molar refractivity (Wildman–Crippen MR) is 97.3 cm³/mol. The number of hydrogen-bond acceptors (Lipinski definition) is 4. The second kappa shape index (κ2) is 8.19. The molecule has 1 fully saturated rings. The number of nitrogens with zero attached hydrogens (tertiary/aromatic N) is 1. The Morgan fingerprint density at radius 1 is 0.963 bits per heavy atom. The Bertz CT molecular complexity index is 757. The molecule has 1 saturated heterocycles. The van der Waals surface area contributed by atoms with Crippen molar-refractivity contribution >= 4 is 0 Å². The van der Waals surface area contributed by atoms with Crippen molar-refractivity contribution in [2.24, 2.45) is 0 Å². The fraction of sp³-hybridized carbons (Fsp3) is 0.400. The molecule has 0 aromatic heterocycles. The summed E-state index contributed by atoms with van der Waals surface area (Å²) in [6.45, 7) is 3.24. The highest BCUT2D eigenvalue weighted by Crippen LogP contribution is 2.38. The number of nitrogens with one attached hydrogen (secondary N) is 1. The number of alkyl halides is 3. The Morgan fingerprint density at radius 3 is 2.19 bits per heavy atom. The van der Waals surface area contributed by atoms with Crippen molar-refractivity contribution < 1.29 is 22.6 Å². The van der Waals surface area contributed by atoms with Crippen molar-refractivity contribution in [1.29, 1.82) is 0 Å². The van der Waals surface area contributed by atoms with E-state index in [0.29, 0.717) is 11.5 Å². The van der Waals surface area contributed by atoms with Gasteiger partial charge in [-0.1, -0.05) is 12.1 Å². The van der Waals surface area contributed by atoms with Gasteiger partial charge in [0.25, 0.3) is 0 Å². The third kappa shape index (κ3) is 4.36. The van der Waals surface area contributed by atoms with E-state index in [1.165, 1.54) is 0 Å². The van der Waals surface area contributed by atoms with Gasteiger partial charge in [0, 0.05) is 37.8 Å². The molecule has 0 spiro atoms. The van der Waals surface area contributed by atoms with Crippen LogP contribution in [0.3, 0.4) is 0 Å². The van der Waals surface area contributed by atoms with Crippen molar-refractivity contribution in [2.75, 3.05) is 40.4 Å². The highest BCUT2D eigenvalue weighted by molar-refractivity contribution is 5.46. The van der Waals surface area contributed by atoms with Crippen LogP contribution in [0.4, 0.5) is 13.2 Å². The fourth-order valence-electron chi connectivity index (χ4n) is 3.43. The zero-order valence-electron chi connectivity index (χ0n) is 15.3. The van der Waals surface area contributed by atoms with Crippen LogP contribution in [0.2, 0.25) is 0 Å². The first-order valence-corrected chi connectivity index (χ1v) is 8.78. The lowest BCUT2D eigenvalue weighted by molar-refractivity contribution is -0.137. The molecule has 3 rings (SSSR count). The largest absolute Gasteiger partial charge is 0.497 e. The third-order valence-electron chi connectivity index (χ3n) is 4.81. The zero-order chi connectivity index (χ0) is 19.4. The highest BCUT2D eigenvalue weighted by Gasteiger charge is 2.32. The van der Waals surface area contributed by atoms with Gasteiger partial charge in [-0.3, -0.25) is 4.90 Å². The molecule has 0 bridgehead atoms. The van der Waals surface area contributed by atoms with Gasteiger partial charge in [0.05, 0.1) is 25.8 Å². The van der Waals surface area contributed by atoms with Crippen LogP contribution in [-0.2, 0) is 6.18 Å². The van der Waals surface area contributed by atoms with Crippen molar-refractivity contribution in [3.05, 3.63) is 59.2 Å². The average Bonchev–Trinajstić information content (AvgIpc) is 2.69. The topological polar surface area (TPSA) is 33.7 Å². The van der Waals surface area contributed by atoms with Crippen LogP contribution < -0.4 is 14.8 Å². The maximum atomic E-state index is 12.9. The van der Waals surface area contributed by atoms with Gasteiger partial charge >= 0.3 is 6.18 Å². The Hall–Kier alpha value is -2.25. The first-order chi connectivity index (χ1) is 12.9. The van der Waals surface area contributed by atoms with E-state index in [-0.39, 0.29) is 6.04 Å². The van der Waals surface area contributed by atoms with E-state index in [0.717, 1.165) is 49.4 Å². The molecule has 1 aliphatic rings. The Kier molecular flexibility index (Phi) is 5.92. The molecule has 146 valence electrons. The summed E-state index contributed by atoms with van der Waals surface area (Å²) in [6.07, 6.45) is -4.35. The lowest BCUT2D eigenvalue weighted by atomic mass is 9.94. The molecule has 1 heterocycles. The first-order valence-electron chi connectivity index (χ1n) is 8.78. The fourth-order valence-corrected chi connectivity index (χ4v) is 3.43. The maximum absolute atomic E-state index is 12.9. The van der Waals surface area contributed by atoms with E-state index in [1.54, 1.807) is 32.4 Å². The normalized spacial score (nSPS) is 16.8. The Balaban J connectivity index is 2.04. The van der Waals surface area contributed by atoms with Crippen LogP contribution in [0.1, 0.15) is 22.7 Å². The summed E-state index contributed by atoms with van der Waals surface area (Å²) in [5.41, 5.74) is 1.06. The van der Waals surface area contributed by atoms with Gasteiger partial charge in [-0.25, -0.2) is 0 Å². The SMILES string of the molecule is COc1ccc(C(c2ccc(C(F)(F)F)cc2)N2CCNCC2)c(OC)c1. The van der Waals surface area contributed by atoms with Crippen molar-refractivity contribution in [3.63, 3.8) is 0 Å². The maximum Gasteiger partial charge on any atom is 0.416 e. The molecule has 1 atom stereocenters. The van der Waals surface area contributed by atoms with Crippen molar-refractivity contribution in [3.8, 4) is 11.5 Å². The number of benzene rings is 2. The van der Waals surface area contributed by atoms with Crippen LogP contribution >= 0.6 is 0 Å². The van der Waals surface area contributed by atoms with E-state index in [4.69, 9.17) is 9.47 Å². The summed E-state index contributed by atoms with van der Waals surface area (Å²) < 4.78 is 49.7. The molecule has 0 amide bonds. The summed E-state index contributed by atoms with van der Waals surface area (Å²) in [4.78, 5) is 2.25. The number of ether oxygens (including phenoxy) is 2. The third-order valence-corrected chi connectivity index (χ3v) is 4.81. The molecule has 4 nitrogen and oxygen atoms in total. The lowest BCUT2D eigenvalue weighted by Gasteiger charge is -2.36. The average molecular weight is 380 g/mol. The molecule has 1 unspecified atom stereocenters. The number of rotatable bonds is 5. The highest BCUT2D eigenvalue weighted by atomic mass is 19.4. The summed E-state index contributed by atoms with van der Waals surface area (Å²) in [5, 5.41) is 3.31. The molecule has 0 aliphatic carbocycles. The molecule has 7 heteroatoms. The van der Waals surface area contributed by atoms with Crippen LogP contribution in [0.25, 0.3) is 0 Å². The second-order valence-corrected chi connectivity index (χ2v) is 6.42. The van der Waals surface area contributed by atoms with E-state index >= 15 is 0 Å². The number of piperazine rings is 1. The number of halogens is 3. The van der Waals surface area contributed by atoms with Crippen LogP contribution in [-0.4, -0.2) is 45.3 Å². The monoisotopic (exact) mass is 380 g/mol. The summed E-state index contributed by atoms with van der Waals surface area (Å²) in [7, 11) is 3.16. The molecular formula is C20H23F3N2O2. The van der Waals surface area contributed by atoms with Crippen molar-refractivity contribution in [2.45, 2.75) is 12.2 Å². The van der Waals surface area contributed by atoms with Crippen LogP contribution in [0.5, 0.6) is 11.5 Å². The lowest BCUT2D eigenvalue weighted by Crippen LogP contribution is -2.45. The first kappa shape index (κ1) is 19.5. The van der Waals surface area contributed by atoms with Gasteiger partial charge in [-0.2, -0.15) is 13.2 Å². The van der Waals surface area contributed by atoms with E-state index in [9.17, 15) is 13.2 Å².